The minimum Gasteiger partial charge on any atom is -0.310 e. The smallest absolute Gasteiger partial charge is 0.0638 e. The topological polar surface area (TPSA) is 33.1 Å². The average Bonchev–Trinajstić information content (AvgIpc) is 2.65. The highest BCUT2D eigenvalue weighted by Gasteiger charge is 2.26. The van der Waals surface area contributed by atoms with Crippen molar-refractivity contribution in [1.82, 2.24) is 20.0 Å². The van der Waals surface area contributed by atoms with Gasteiger partial charge in [0, 0.05) is 50.0 Å². The van der Waals surface area contributed by atoms with E-state index in [1.54, 1.807) is 0 Å². The van der Waals surface area contributed by atoms with E-state index >= 15 is 0 Å². The zero-order valence-electron chi connectivity index (χ0n) is 13.0. The molecule has 1 aromatic rings. The molecule has 0 saturated carbocycles. The number of piperidine rings is 1. The van der Waals surface area contributed by atoms with Crippen LogP contribution >= 0.6 is 0 Å². The second kappa shape index (κ2) is 5.63. The molecule has 4 nitrogen and oxygen atoms in total. The molecule has 108 valence electrons. The Bertz CT molecular complexity index is 408. The fourth-order valence-corrected chi connectivity index (χ4v) is 2.83. The van der Waals surface area contributed by atoms with Crippen LogP contribution in [0, 0.1) is 6.92 Å². The quantitative estimate of drug-likeness (QED) is 0.907. The van der Waals surface area contributed by atoms with Gasteiger partial charge >= 0.3 is 0 Å². The maximum Gasteiger partial charge on any atom is 0.0638 e. The molecule has 1 aliphatic rings. The molecule has 2 rings (SSSR count). The van der Waals surface area contributed by atoms with Gasteiger partial charge in [-0.1, -0.05) is 0 Å². The summed E-state index contributed by atoms with van der Waals surface area (Å²) in [5.74, 6) is 0. The zero-order valence-corrected chi connectivity index (χ0v) is 13.0. The number of aryl methyl sites for hydroxylation is 2. The normalized spacial score (nSPS) is 19.0. The van der Waals surface area contributed by atoms with Gasteiger partial charge < -0.3 is 5.32 Å². The summed E-state index contributed by atoms with van der Waals surface area (Å²) in [6.45, 7) is 12.3. The van der Waals surface area contributed by atoms with E-state index < -0.39 is 0 Å². The number of likely N-dealkylation sites (tertiary alicyclic amines) is 1. The average molecular weight is 264 g/mol. The monoisotopic (exact) mass is 264 g/mol. The lowest BCUT2D eigenvalue weighted by Crippen LogP contribution is -2.49. The van der Waals surface area contributed by atoms with E-state index in [1.807, 2.05) is 11.7 Å². The van der Waals surface area contributed by atoms with Crippen molar-refractivity contribution in [2.75, 3.05) is 13.1 Å². The van der Waals surface area contributed by atoms with Gasteiger partial charge in [-0.15, -0.1) is 0 Å². The Morgan fingerprint density at radius 1 is 1.32 bits per heavy atom. The molecular formula is C15H28N4. The Hall–Kier alpha value is -0.870. The third-order valence-electron chi connectivity index (χ3n) is 4.14. The first kappa shape index (κ1) is 14.5. The van der Waals surface area contributed by atoms with Gasteiger partial charge in [0.1, 0.15) is 0 Å². The largest absolute Gasteiger partial charge is 0.310 e. The van der Waals surface area contributed by atoms with Gasteiger partial charge in [0.15, 0.2) is 0 Å². The third-order valence-corrected chi connectivity index (χ3v) is 4.14. The van der Waals surface area contributed by atoms with Crippen molar-refractivity contribution < 1.29 is 0 Å². The van der Waals surface area contributed by atoms with Gasteiger partial charge in [-0.3, -0.25) is 9.58 Å². The molecule has 1 aromatic heterocycles. The number of aromatic nitrogens is 2. The molecule has 4 heteroatoms. The molecule has 2 heterocycles. The summed E-state index contributed by atoms with van der Waals surface area (Å²) in [6.07, 6.45) is 4.61. The number of rotatable bonds is 3. The number of nitrogens with one attached hydrogen (secondary N) is 1. The van der Waals surface area contributed by atoms with Gasteiger partial charge in [-0.2, -0.15) is 5.10 Å². The van der Waals surface area contributed by atoms with Crippen LogP contribution in [-0.2, 0) is 13.6 Å². The van der Waals surface area contributed by atoms with E-state index in [-0.39, 0.29) is 0 Å². The van der Waals surface area contributed by atoms with E-state index in [4.69, 9.17) is 0 Å². The van der Waals surface area contributed by atoms with Crippen LogP contribution in [0.5, 0.6) is 0 Å². The highest BCUT2D eigenvalue weighted by molar-refractivity contribution is 5.14. The van der Waals surface area contributed by atoms with Crippen LogP contribution < -0.4 is 5.32 Å². The van der Waals surface area contributed by atoms with Crippen LogP contribution in [0.1, 0.15) is 44.9 Å². The van der Waals surface area contributed by atoms with Gasteiger partial charge in [-0.05, 0) is 40.5 Å². The lowest BCUT2D eigenvalue weighted by molar-refractivity contribution is 0.0960. The maximum absolute atomic E-state index is 4.39. The van der Waals surface area contributed by atoms with Crippen LogP contribution in [0.4, 0.5) is 0 Å². The Balaban J connectivity index is 1.79. The molecular weight excluding hydrogens is 236 g/mol. The SMILES string of the molecule is Cc1nn(C)cc1CNC1CCN(C(C)(C)C)CC1. The van der Waals surface area contributed by atoms with E-state index in [0.717, 1.165) is 12.2 Å². The van der Waals surface area contributed by atoms with Gasteiger partial charge in [0.05, 0.1) is 5.69 Å². The molecule has 1 saturated heterocycles. The number of hydrogen-bond acceptors (Lipinski definition) is 3. The molecule has 0 unspecified atom stereocenters. The van der Waals surface area contributed by atoms with Crippen LogP contribution in [0.3, 0.4) is 0 Å². The Labute approximate surface area is 117 Å². The molecule has 1 fully saturated rings. The molecule has 19 heavy (non-hydrogen) atoms. The second-order valence-electron chi connectivity index (χ2n) is 6.73. The summed E-state index contributed by atoms with van der Waals surface area (Å²) in [4.78, 5) is 2.58. The Kier molecular flexibility index (Phi) is 4.31. The summed E-state index contributed by atoms with van der Waals surface area (Å²) in [7, 11) is 1.98. The Morgan fingerprint density at radius 3 is 2.42 bits per heavy atom. The number of nitrogens with zero attached hydrogens (tertiary/aromatic N) is 3. The summed E-state index contributed by atoms with van der Waals surface area (Å²) in [5.41, 5.74) is 2.77. The molecule has 0 spiro atoms. The molecule has 1 N–H and O–H groups in total. The fraction of sp³-hybridized carbons (Fsp3) is 0.800. The van der Waals surface area contributed by atoms with Crippen LogP contribution in [0.25, 0.3) is 0 Å². The van der Waals surface area contributed by atoms with Crippen molar-refractivity contribution in [2.45, 2.75) is 58.7 Å². The second-order valence-corrected chi connectivity index (χ2v) is 6.73. The molecule has 0 bridgehead atoms. The molecule has 0 atom stereocenters. The molecule has 0 aliphatic carbocycles. The Morgan fingerprint density at radius 2 is 1.95 bits per heavy atom. The molecule has 0 amide bonds. The summed E-state index contributed by atoms with van der Waals surface area (Å²) in [5, 5.41) is 8.07. The van der Waals surface area contributed by atoms with Crippen LogP contribution in [0.2, 0.25) is 0 Å². The molecule has 0 radical (unpaired) electrons. The fourth-order valence-electron chi connectivity index (χ4n) is 2.83. The van der Waals surface area contributed by atoms with Crippen molar-refractivity contribution in [1.29, 1.82) is 0 Å². The highest BCUT2D eigenvalue weighted by Crippen LogP contribution is 2.20. The first-order valence-corrected chi connectivity index (χ1v) is 7.34. The zero-order chi connectivity index (χ0) is 14.0. The third kappa shape index (κ3) is 3.80. The predicted octanol–water partition coefficient (Wildman–Crippen LogP) is 2.08. The van der Waals surface area contributed by atoms with E-state index in [1.165, 1.54) is 31.5 Å². The van der Waals surface area contributed by atoms with Gasteiger partial charge in [-0.25, -0.2) is 0 Å². The van der Waals surface area contributed by atoms with Crippen molar-refractivity contribution in [3.8, 4) is 0 Å². The van der Waals surface area contributed by atoms with Crippen molar-refractivity contribution in [2.24, 2.45) is 7.05 Å². The minimum atomic E-state index is 0.310. The first-order chi connectivity index (χ1) is 8.86. The maximum atomic E-state index is 4.39. The standard InChI is InChI=1S/C15H28N4/c1-12-13(11-18(5)17-12)10-16-14-6-8-19(9-7-14)15(2,3)4/h11,14,16H,6-10H2,1-5H3. The van der Waals surface area contributed by atoms with Crippen molar-refractivity contribution in [3.63, 3.8) is 0 Å². The summed E-state index contributed by atoms with van der Waals surface area (Å²) >= 11 is 0. The summed E-state index contributed by atoms with van der Waals surface area (Å²) < 4.78 is 1.90. The van der Waals surface area contributed by atoms with Gasteiger partial charge in [0.2, 0.25) is 0 Å². The van der Waals surface area contributed by atoms with E-state index in [2.05, 4.69) is 49.2 Å². The lowest BCUT2D eigenvalue weighted by Gasteiger charge is -2.41. The highest BCUT2D eigenvalue weighted by atomic mass is 15.3. The first-order valence-electron chi connectivity index (χ1n) is 7.34. The molecule has 1 aliphatic heterocycles. The molecule has 0 aromatic carbocycles. The number of hydrogen-bond donors (Lipinski definition) is 1. The summed E-state index contributed by atoms with van der Waals surface area (Å²) in [6, 6.07) is 0.651. The minimum absolute atomic E-state index is 0.310. The lowest BCUT2D eigenvalue weighted by atomic mass is 9.98. The van der Waals surface area contributed by atoms with Crippen molar-refractivity contribution in [3.05, 3.63) is 17.5 Å². The van der Waals surface area contributed by atoms with Crippen LogP contribution in [-0.4, -0.2) is 39.4 Å². The van der Waals surface area contributed by atoms with Crippen LogP contribution in [0.15, 0.2) is 6.20 Å². The van der Waals surface area contributed by atoms with E-state index in [9.17, 15) is 0 Å². The van der Waals surface area contributed by atoms with E-state index in [0.29, 0.717) is 11.6 Å². The van der Waals surface area contributed by atoms with Gasteiger partial charge in [0.25, 0.3) is 0 Å². The van der Waals surface area contributed by atoms with Crippen molar-refractivity contribution >= 4 is 0 Å². The predicted molar refractivity (Wildman–Crippen MR) is 79.1 cm³/mol.